The first-order chi connectivity index (χ1) is 7.11. The molecule has 0 saturated carbocycles. The molecule has 0 bridgehead atoms. The monoisotopic (exact) mass is 208 g/mol. The Bertz CT molecular complexity index is 309. The quantitative estimate of drug-likeness (QED) is 0.779. The van der Waals surface area contributed by atoms with Gasteiger partial charge in [-0.15, -0.1) is 0 Å². The molecule has 1 aromatic heterocycles. The molecule has 0 radical (unpaired) electrons. The average molecular weight is 208 g/mol. The standard InChI is InChI=1S/C11H20N4/c1-5-12-10-6-11(13-7-8(2)3)15-9(4)14-10/h6,8H,5,7H2,1-4H3,(H2,12,13,14,15). The van der Waals surface area contributed by atoms with Crippen molar-refractivity contribution in [2.75, 3.05) is 23.7 Å². The highest BCUT2D eigenvalue weighted by molar-refractivity contribution is 5.47. The summed E-state index contributed by atoms with van der Waals surface area (Å²) < 4.78 is 0. The molecular formula is C11H20N4. The maximum atomic E-state index is 4.33. The van der Waals surface area contributed by atoms with Crippen LogP contribution in [0, 0.1) is 12.8 Å². The molecule has 1 heterocycles. The van der Waals surface area contributed by atoms with Crippen molar-refractivity contribution < 1.29 is 0 Å². The van der Waals surface area contributed by atoms with Gasteiger partial charge in [-0.25, -0.2) is 9.97 Å². The summed E-state index contributed by atoms with van der Waals surface area (Å²) in [7, 11) is 0. The first-order valence-corrected chi connectivity index (χ1v) is 5.45. The molecule has 1 rings (SSSR count). The minimum Gasteiger partial charge on any atom is -0.370 e. The van der Waals surface area contributed by atoms with Gasteiger partial charge in [0.05, 0.1) is 0 Å². The molecule has 0 fully saturated rings. The molecule has 4 nitrogen and oxygen atoms in total. The van der Waals surface area contributed by atoms with Crippen molar-refractivity contribution in [1.29, 1.82) is 0 Å². The Hall–Kier alpha value is -1.32. The third kappa shape index (κ3) is 4.14. The SMILES string of the molecule is CCNc1cc(NCC(C)C)nc(C)n1. The van der Waals surface area contributed by atoms with Crippen LogP contribution in [0.3, 0.4) is 0 Å². The van der Waals surface area contributed by atoms with Gasteiger partial charge < -0.3 is 10.6 Å². The van der Waals surface area contributed by atoms with Crippen LogP contribution >= 0.6 is 0 Å². The molecule has 0 amide bonds. The van der Waals surface area contributed by atoms with Crippen LogP contribution < -0.4 is 10.6 Å². The Labute approximate surface area is 91.5 Å². The van der Waals surface area contributed by atoms with Crippen LogP contribution in [0.4, 0.5) is 11.6 Å². The summed E-state index contributed by atoms with van der Waals surface area (Å²) in [5.74, 6) is 3.19. The highest BCUT2D eigenvalue weighted by Gasteiger charge is 2.01. The number of rotatable bonds is 5. The van der Waals surface area contributed by atoms with E-state index in [0.29, 0.717) is 5.92 Å². The summed E-state index contributed by atoms with van der Waals surface area (Å²) in [6.45, 7) is 10.1. The summed E-state index contributed by atoms with van der Waals surface area (Å²) >= 11 is 0. The minimum absolute atomic E-state index is 0.614. The molecule has 0 atom stereocenters. The molecule has 0 saturated heterocycles. The van der Waals surface area contributed by atoms with Gasteiger partial charge in [0.1, 0.15) is 17.5 Å². The maximum Gasteiger partial charge on any atom is 0.131 e. The lowest BCUT2D eigenvalue weighted by Crippen LogP contribution is -2.11. The van der Waals surface area contributed by atoms with Crippen molar-refractivity contribution in [3.63, 3.8) is 0 Å². The Morgan fingerprint density at radius 2 is 1.80 bits per heavy atom. The molecule has 0 aromatic carbocycles. The topological polar surface area (TPSA) is 49.8 Å². The molecule has 84 valence electrons. The molecule has 0 spiro atoms. The zero-order valence-electron chi connectivity index (χ0n) is 9.96. The summed E-state index contributed by atoms with van der Waals surface area (Å²) in [5.41, 5.74) is 0. The van der Waals surface area contributed by atoms with Gasteiger partial charge in [0.15, 0.2) is 0 Å². The molecule has 0 aliphatic rings. The number of anilines is 2. The predicted molar refractivity (Wildman–Crippen MR) is 64.3 cm³/mol. The van der Waals surface area contributed by atoms with Crippen molar-refractivity contribution in [2.24, 2.45) is 5.92 Å². The van der Waals surface area contributed by atoms with Crippen molar-refractivity contribution in [3.05, 3.63) is 11.9 Å². The fourth-order valence-corrected chi connectivity index (χ4v) is 1.24. The first kappa shape index (κ1) is 11.8. The number of aromatic nitrogens is 2. The fraction of sp³-hybridized carbons (Fsp3) is 0.636. The number of hydrogen-bond acceptors (Lipinski definition) is 4. The van der Waals surface area contributed by atoms with Crippen molar-refractivity contribution in [1.82, 2.24) is 9.97 Å². The van der Waals surface area contributed by atoms with Gasteiger partial charge in [0.2, 0.25) is 0 Å². The van der Waals surface area contributed by atoms with E-state index in [1.54, 1.807) is 0 Å². The Morgan fingerprint density at radius 1 is 1.20 bits per heavy atom. The lowest BCUT2D eigenvalue weighted by Gasteiger charge is -2.10. The molecule has 2 N–H and O–H groups in total. The van der Waals surface area contributed by atoms with Gasteiger partial charge in [-0.2, -0.15) is 0 Å². The molecule has 0 unspecified atom stereocenters. The zero-order chi connectivity index (χ0) is 11.3. The van der Waals surface area contributed by atoms with E-state index in [4.69, 9.17) is 0 Å². The second kappa shape index (κ2) is 5.53. The summed E-state index contributed by atoms with van der Waals surface area (Å²) in [4.78, 5) is 8.61. The van der Waals surface area contributed by atoms with Crippen molar-refractivity contribution in [2.45, 2.75) is 27.7 Å². The van der Waals surface area contributed by atoms with Crippen LogP contribution in [-0.2, 0) is 0 Å². The van der Waals surface area contributed by atoms with Gasteiger partial charge in [0, 0.05) is 19.2 Å². The van der Waals surface area contributed by atoms with E-state index >= 15 is 0 Å². The normalized spacial score (nSPS) is 10.5. The summed E-state index contributed by atoms with van der Waals surface area (Å²) in [6, 6.07) is 1.94. The van der Waals surface area contributed by atoms with E-state index in [-0.39, 0.29) is 0 Å². The van der Waals surface area contributed by atoms with E-state index in [9.17, 15) is 0 Å². The Morgan fingerprint density at radius 3 is 2.33 bits per heavy atom. The largest absolute Gasteiger partial charge is 0.370 e. The first-order valence-electron chi connectivity index (χ1n) is 5.45. The molecule has 0 aliphatic carbocycles. The van der Waals surface area contributed by atoms with Gasteiger partial charge in [-0.1, -0.05) is 13.8 Å². The van der Waals surface area contributed by atoms with Crippen LogP contribution in [0.25, 0.3) is 0 Å². The molecule has 1 aromatic rings. The molecular weight excluding hydrogens is 188 g/mol. The second-order valence-electron chi connectivity index (χ2n) is 3.99. The van der Waals surface area contributed by atoms with Crippen molar-refractivity contribution in [3.8, 4) is 0 Å². The van der Waals surface area contributed by atoms with E-state index in [1.807, 2.05) is 13.0 Å². The summed E-state index contributed by atoms with van der Waals surface area (Å²) in [6.07, 6.45) is 0. The second-order valence-corrected chi connectivity index (χ2v) is 3.99. The van der Waals surface area contributed by atoms with Crippen LogP contribution in [0.2, 0.25) is 0 Å². The van der Waals surface area contributed by atoms with Crippen LogP contribution in [0.1, 0.15) is 26.6 Å². The summed E-state index contributed by atoms with van der Waals surface area (Å²) in [5, 5.41) is 6.48. The number of hydrogen-bond donors (Lipinski definition) is 2. The van der Waals surface area contributed by atoms with E-state index in [2.05, 4.69) is 41.4 Å². The Balaban J connectivity index is 2.70. The highest BCUT2D eigenvalue weighted by atomic mass is 15.1. The predicted octanol–water partition coefficient (Wildman–Crippen LogP) is 2.28. The van der Waals surface area contributed by atoms with Gasteiger partial charge in [-0.3, -0.25) is 0 Å². The number of nitrogens with one attached hydrogen (secondary N) is 2. The molecule has 15 heavy (non-hydrogen) atoms. The van der Waals surface area contributed by atoms with Crippen molar-refractivity contribution >= 4 is 11.6 Å². The van der Waals surface area contributed by atoms with Gasteiger partial charge >= 0.3 is 0 Å². The number of aryl methyl sites for hydroxylation is 1. The third-order valence-corrected chi connectivity index (χ3v) is 1.89. The molecule has 4 heteroatoms. The van der Waals surface area contributed by atoms with Crippen LogP contribution in [0.5, 0.6) is 0 Å². The van der Waals surface area contributed by atoms with Crippen LogP contribution in [-0.4, -0.2) is 23.1 Å². The van der Waals surface area contributed by atoms with E-state index in [0.717, 1.165) is 30.5 Å². The van der Waals surface area contributed by atoms with E-state index in [1.165, 1.54) is 0 Å². The lowest BCUT2D eigenvalue weighted by atomic mass is 10.2. The fourth-order valence-electron chi connectivity index (χ4n) is 1.24. The highest BCUT2D eigenvalue weighted by Crippen LogP contribution is 2.11. The molecule has 0 aliphatic heterocycles. The maximum absolute atomic E-state index is 4.33. The van der Waals surface area contributed by atoms with Gasteiger partial charge in [0.25, 0.3) is 0 Å². The zero-order valence-corrected chi connectivity index (χ0v) is 9.96. The third-order valence-electron chi connectivity index (χ3n) is 1.89. The Kier molecular flexibility index (Phi) is 4.34. The smallest absolute Gasteiger partial charge is 0.131 e. The average Bonchev–Trinajstić information content (AvgIpc) is 2.14. The lowest BCUT2D eigenvalue weighted by molar-refractivity contribution is 0.686. The van der Waals surface area contributed by atoms with Crippen LogP contribution in [0.15, 0.2) is 6.07 Å². The minimum atomic E-state index is 0.614. The van der Waals surface area contributed by atoms with E-state index < -0.39 is 0 Å². The number of nitrogens with zero attached hydrogens (tertiary/aromatic N) is 2. The van der Waals surface area contributed by atoms with Gasteiger partial charge in [-0.05, 0) is 19.8 Å².